The molecule has 43 heavy (non-hydrogen) atoms. The molecule has 2 aromatic carbocycles. The van der Waals surface area contributed by atoms with Gasteiger partial charge in [-0.25, -0.2) is 8.42 Å². The number of carbonyl (C=O) groups excluding carboxylic acids is 1. The summed E-state index contributed by atoms with van der Waals surface area (Å²) in [4.78, 5) is 13.9. The van der Waals surface area contributed by atoms with Gasteiger partial charge in [0, 0.05) is 31.0 Å². The monoisotopic (exact) mass is 617 g/mol. The van der Waals surface area contributed by atoms with Crippen molar-refractivity contribution >= 4 is 27.3 Å². The van der Waals surface area contributed by atoms with Crippen LogP contribution in [0.1, 0.15) is 72.6 Å². The van der Waals surface area contributed by atoms with Gasteiger partial charge in [0.05, 0.1) is 28.9 Å². The molecule has 5 rings (SSSR count). The molecule has 1 saturated carbocycles. The van der Waals surface area contributed by atoms with Gasteiger partial charge in [-0.3, -0.25) is 9.48 Å². The normalized spacial score (nSPS) is 20.3. The Morgan fingerprint density at radius 2 is 1.60 bits per heavy atom. The van der Waals surface area contributed by atoms with Crippen LogP contribution in [0.2, 0.25) is 0 Å². The lowest BCUT2D eigenvalue weighted by Crippen LogP contribution is -2.46. The molecular formula is C31H38F3N5O3S. The first-order valence-corrected chi connectivity index (χ1v) is 16.1. The molecule has 2 aliphatic rings. The van der Waals surface area contributed by atoms with Crippen LogP contribution < -0.4 is 10.6 Å². The van der Waals surface area contributed by atoms with Crippen LogP contribution in [0.4, 0.5) is 24.5 Å². The van der Waals surface area contributed by atoms with E-state index in [0.29, 0.717) is 35.8 Å². The second-order valence-corrected chi connectivity index (χ2v) is 13.5. The molecule has 0 radical (unpaired) electrons. The van der Waals surface area contributed by atoms with Gasteiger partial charge in [0.1, 0.15) is 4.90 Å². The van der Waals surface area contributed by atoms with Gasteiger partial charge in [-0.15, -0.1) is 0 Å². The van der Waals surface area contributed by atoms with E-state index in [4.69, 9.17) is 0 Å². The van der Waals surface area contributed by atoms with Crippen molar-refractivity contribution < 1.29 is 26.4 Å². The van der Waals surface area contributed by atoms with Gasteiger partial charge in [0.15, 0.2) is 0 Å². The maximum atomic E-state index is 14.2. The molecule has 0 bridgehead atoms. The van der Waals surface area contributed by atoms with Crippen LogP contribution in [0.3, 0.4) is 0 Å². The highest BCUT2D eigenvalue weighted by Crippen LogP contribution is 2.42. The smallest absolute Gasteiger partial charge is 0.382 e. The number of nitrogens with one attached hydrogen (secondary N) is 2. The first kappa shape index (κ1) is 31.1. The minimum absolute atomic E-state index is 0.0108. The molecule has 2 heterocycles. The van der Waals surface area contributed by atoms with Crippen molar-refractivity contribution in [2.75, 3.05) is 17.2 Å². The third-order valence-electron chi connectivity index (χ3n) is 8.72. The van der Waals surface area contributed by atoms with Gasteiger partial charge in [-0.05, 0) is 81.8 Å². The Kier molecular flexibility index (Phi) is 8.63. The second kappa shape index (κ2) is 12.0. The summed E-state index contributed by atoms with van der Waals surface area (Å²) >= 11 is 0. The van der Waals surface area contributed by atoms with Crippen molar-refractivity contribution in [3.8, 4) is 0 Å². The number of carbonyl (C=O) groups is 1. The van der Waals surface area contributed by atoms with Crippen molar-refractivity contribution in [3.63, 3.8) is 0 Å². The Bertz CT molecular complexity index is 1600. The van der Waals surface area contributed by atoms with Crippen LogP contribution in [-0.4, -0.2) is 41.0 Å². The molecule has 0 unspecified atom stereocenters. The number of hydrogen-bond donors (Lipinski definition) is 2. The van der Waals surface area contributed by atoms with Gasteiger partial charge in [0.2, 0.25) is 15.9 Å². The highest BCUT2D eigenvalue weighted by Gasteiger charge is 2.44. The van der Waals surface area contributed by atoms with E-state index in [1.807, 2.05) is 24.3 Å². The molecule has 1 aliphatic carbocycles. The van der Waals surface area contributed by atoms with E-state index in [9.17, 15) is 26.4 Å². The predicted molar refractivity (Wildman–Crippen MR) is 159 cm³/mol. The van der Waals surface area contributed by atoms with Gasteiger partial charge in [-0.2, -0.15) is 22.6 Å². The maximum absolute atomic E-state index is 14.2. The minimum Gasteiger partial charge on any atom is -0.382 e. The Labute approximate surface area is 250 Å². The summed E-state index contributed by atoms with van der Waals surface area (Å²) in [6.45, 7) is 4.88. The first-order valence-electron chi connectivity index (χ1n) is 14.6. The molecule has 8 nitrogen and oxygen atoms in total. The molecule has 232 valence electrons. The Balaban J connectivity index is 1.52. The second-order valence-electron chi connectivity index (χ2n) is 11.7. The quantitative estimate of drug-likeness (QED) is 0.316. The summed E-state index contributed by atoms with van der Waals surface area (Å²) in [5.41, 5.74) is 1.63. The van der Waals surface area contributed by atoms with Crippen molar-refractivity contribution in [1.82, 2.24) is 14.1 Å². The Morgan fingerprint density at radius 1 is 0.953 bits per heavy atom. The zero-order chi connectivity index (χ0) is 31.1. The van der Waals surface area contributed by atoms with Gasteiger partial charge < -0.3 is 10.6 Å². The number of aryl methyl sites for hydroxylation is 3. The molecule has 2 N–H and O–H groups in total. The molecule has 12 heteroatoms. The molecule has 1 aliphatic heterocycles. The van der Waals surface area contributed by atoms with Gasteiger partial charge in [-0.1, -0.05) is 31.0 Å². The number of benzene rings is 2. The van der Waals surface area contributed by atoms with Gasteiger partial charge in [0.25, 0.3) is 0 Å². The SMILES string of the molecule is Cc1ccc(NC(=O)[C@H]2CCCN(S(=O)(=O)c3c(C)nn(C)c3C)[C@H]2c2ccc(NC3CCCC3)cc2)cc1C(F)(F)F. The predicted octanol–water partition coefficient (Wildman–Crippen LogP) is 6.50. The van der Waals surface area contributed by atoms with Crippen LogP contribution >= 0.6 is 0 Å². The van der Waals surface area contributed by atoms with E-state index in [1.165, 1.54) is 40.9 Å². The molecule has 1 amide bonds. The van der Waals surface area contributed by atoms with Crippen molar-refractivity contribution in [1.29, 1.82) is 0 Å². The fraction of sp³-hybridized carbons (Fsp3) is 0.484. The molecule has 2 fully saturated rings. The van der Waals surface area contributed by atoms with E-state index in [-0.39, 0.29) is 22.7 Å². The standard InChI is InChI=1S/C31H38F3N5O3S/c1-19-11-14-25(18-27(19)31(32,33)34)36-30(40)26-10-7-17-39(43(41,42)29-20(2)37-38(4)21(29)3)28(26)22-12-15-24(16-13-22)35-23-8-5-6-9-23/h11-16,18,23,26,28,35H,5-10,17H2,1-4H3,(H,36,40)/t26-,28-/m0/s1. The average Bonchev–Trinajstić information content (AvgIpc) is 3.55. The van der Waals surface area contributed by atoms with Crippen LogP contribution in [0.25, 0.3) is 0 Å². The zero-order valence-electron chi connectivity index (χ0n) is 24.8. The lowest BCUT2D eigenvalue weighted by atomic mass is 9.85. The van der Waals surface area contributed by atoms with Crippen molar-refractivity contribution in [2.24, 2.45) is 13.0 Å². The number of alkyl halides is 3. The van der Waals surface area contributed by atoms with Crippen LogP contribution in [0.15, 0.2) is 47.4 Å². The van der Waals surface area contributed by atoms with Crippen LogP contribution in [0, 0.1) is 26.7 Å². The van der Waals surface area contributed by atoms with E-state index < -0.39 is 39.6 Å². The summed E-state index contributed by atoms with van der Waals surface area (Å²) in [7, 11) is -2.42. The topological polar surface area (TPSA) is 96.3 Å². The fourth-order valence-corrected chi connectivity index (χ4v) is 8.57. The van der Waals surface area contributed by atoms with E-state index >= 15 is 0 Å². The molecule has 2 atom stereocenters. The number of aromatic nitrogens is 2. The number of piperidine rings is 1. The summed E-state index contributed by atoms with van der Waals surface area (Å²) in [6.07, 6.45) is 0.759. The Hall–Kier alpha value is -3.38. The van der Waals surface area contributed by atoms with E-state index in [0.717, 1.165) is 24.6 Å². The molecule has 1 aromatic heterocycles. The summed E-state index contributed by atoms with van der Waals surface area (Å²) in [6, 6.07) is 10.7. The fourth-order valence-electron chi connectivity index (χ4n) is 6.47. The van der Waals surface area contributed by atoms with Crippen molar-refractivity contribution in [3.05, 3.63) is 70.5 Å². The average molecular weight is 618 g/mol. The zero-order valence-corrected chi connectivity index (χ0v) is 25.6. The number of sulfonamides is 1. The van der Waals surface area contributed by atoms with Crippen LogP contribution in [0.5, 0.6) is 0 Å². The number of anilines is 2. The van der Waals surface area contributed by atoms with Crippen molar-refractivity contribution in [2.45, 2.75) is 82.5 Å². The van der Waals surface area contributed by atoms with E-state index in [2.05, 4.69) is 15.7 Å². The summed E-state index contributed by atoms with van der Waals surface area (Å²) < 4.78 is 72.1. The number of rotatable bonds is 7. The minimum atomic E-state index is -4.57. The number of nitrogens with zero attached hydrogens (tertiary/aromatic N) is 3. The molecule has 3 aromatic rings. The third kappa shape index (κ3) is 6.31. The lowest BCUT2D eigenvalue weighted by Gasteiger charge is -2.40. The third-order valence-corrected chi connectivity index (χ3v) is 10.9. The summed E-state index contributed by atoms with van der Waals surface area (Å²) in [5, 5.41) is 10.5. The van der Waals surface area contributed by atoms with Gasteiger partial charge >= 0.3 is 6.18 Å². The highest BCUT2D eigenvalue weighted by molar-refractivity contribution is 7.89. The number of halogens is 3. The molecule has 0 spiro atoms. The highest BCUT2D eigenvalue weighted by atomic mass is 32.2. The largest absolute Gasteiger partial charge is 0.416 e. The summed E-state index contributed by atoms with van der Waals surface area (Å²) in [5.74, 6) is -1.38. The molecular weight excluding hydrogens is 579 g/mol. The van der Waals surface area contributed by atoms with E-state index in [1.54, 1.807) is 20.9 Å². The Morgan fingerprint density at radius 3 is 2.21 bits per heavy atom. The number of hydrogen-bond acceptors (Lipinski definition) is 5. The van der Waals surface area contributed by atoms with Crippen LogP contribution in [-0.2, 0) is 28.0 Å². The first-order chi connectivity index (χ1) is 20.3. The maximum Gasteiger partial charge on any atom is 0.416 e. The number of amides is 1. The molecule has 1 saturated heterocycles. The lowest BCUT2D eigenvalue weighted by molar-refractivity contribution is -0.138.